The van der Waals surface area contributed by atoms with Gasteiger partial charge in [-0.3, -0.25) is 0 Å². The number of anilines is 2. The number of nitrogens with one attached hydrogen (secondary N) is 1. The van der Waals surface area contributed by atoms with Crippen LogP contribution in [0, 0.1) is 6.92 Å². The minimum absolute atomic E-state index is 0.604. The van der Waals surface area contributed by atoms with Crippen molar-refractivity contribution in [3.05, 3.63) is 82.3 Å². The SMILES string of the molecule is Cc1ccc(Nc2c(Cl)cc(Cl)cc2-c2ccccc2)cc1. The van der Waals surface area contributed by atoms with Crippen LogP contribution in [0.3, 0.4) is 0 Å². The second-order valence-corrected chi connectivity index (χ2v) is 6.01. The number of hydrogen-bond donors (Lipinski definition) is 1. The van der Waals surface area contributed by atoms with E-state index in [1.165, 1.54) is 5.56 Å². The molecular weight excluding hydrogens is 313 g/mol. The molecular formula is C19H15Cl2N. The van der Waals surface area contributed by atoms with Crippen LogP contribution in [-0.4, -0.2) is 0 Å². The van der Waals surface area contributed by atoms with Gasteiger partial charge < -0.3 is 5.32 Å². The van der Waals surface area contributed by atoms with Gasteiger partial charge in [-0.1, -0.05) is 71.2 Å². The van der Waals surface area contributed by atoms with Crippen molar-refractivity contribution in [1.82, 2.24) is 0 Å². The average Bonchev–Trinajstić information content (AvgIpc) is 2.52. The molecule has 0 spiro atoms. The molecule has 3 rings (SSSR count). The summed E-state index contributed by atoms with van der Waals surface area (Å²) in [7, 11) is 0. The molecule has 0 saturated carbocycles. The summed E-state index contributed by atoms with van der Waals surface area (Å²) in [5.74, 6) is 0. The quantitative estimate of drug-likeness (QED) is 0.563. The maximum Gasteiger partial charge on any atom is 0.0662 e. The number of benzene rings is 3. The van der Waals surface area contributed by atoms with Gasteiger partial charge in [0, 0.05) is 16.3 Å². The summed E-state index contributed by atoms with van der Waals surface area (Å²) in [5, 5.41) is 4.63. The van der Waals surface area contributed by atoms with Gasteiger partial charge in [0.05, 0.1) is 10.7 Å². The molecule has 0 fully saturated rings. The third-order valence-corrected chi connectivity index (χ3v) is 3.98. The van der Waals surface area contributed by atoms with Crippen molar-refractivity contribution in [3.8, 4) is 11.1 Å². The molecule has 0 aliphatic heterocycles. The first-order chi connectivity index (χ1) is 10.6. The van der Waals surface area contributed by atoms with E-state index < -0.39 is 0 Å². The molecule has 0 heterocycles. The Morgan fingerprint density at radius 1 is 0.818 bits per heavy atom. The first-order valence-electron chi connectivity index (χ1n) is 7.01. The number of halogens is 2. The maximum atomic E-state index is 6.42. The average molecular weight is 328 g/mol. The van der Waals surface area contributed by atoms with Crippen molar-refractivity contribution in [3.63, 3.8) is 0 Å². The summed E-state index contributed by atoms with van der Waals surface area (Å²) in [4.78, 5) is 0. The maximum absolute atomic E-state index is 6.42. The molecule has 0 unspecified atom stereocenters. The lowest BCUT2D eigenvalue weighted by Gasteiger charge is -2.15. The van der Waals surface area contributed by atoms with Crippen molar-refractivity contribution < 1.29 is 0 Å². The molecule has 3 aromatic rings. The molecule has 0 bridgehead atoms. The lowest BCUT2D eigenvalue weighted by molar-refractivity contribution is 1.45. The second kappa shape index (κ2) is 6.43. The highest BCUT2D eigenvalue weighted by atomic mass is 35.5. The third-order valence-electron chi connectivity index (χ3n) is 3.46. The minimum atomic E-state index is 0.604. The van der Waals surface area contributed by atoms with Crippen LogP contribution in [0.5, 0.6) is 0 Å². The Hall–Kier alpha value is -1.96. The van der Waals surface area contributed by atoms with Gasteiger partial charge in [0.15, 0.2) is 0 Å². The Labute approximate surface area is 140 Å². The van der Waals surface area contributed by atoms with Crippen LogP contribution < -0.4 is 5.32 Å². The molecule has 0 aliphatic carbocycles. The summed E-state index contributed by atoms with van der Waals surface area (Å²) < 4.78 is 0. The highest BCUT2D eigenvalue weighted by Crippen LogP contribution is 2.38. The summed E-state index contributed by atoms with van der Waals surface area (Å²) in [6.07, 6.45) is 0. The van der Waals surface area contributed by atoms with E-state index in [4.69, 9.17) is 23.2 Å². The van der Waals surface area contributed by atoms with Crippen LogP contribution in [0.15, 0.2) is 66.7 Å². The Kier molecular flexibility index (Phi) is 4.37. The first-order valence-corrected chi connectivity index (χ1v) is 7.77. The van der Waals surface area contributed by atoms with E-state index >= 15 is 0 Å². The summed E-state index contributed by atoms with van der Waals surface area (Å²) in [5.41, 5.74) is 5.13. The van der Waals surface area contributed by atoms with Gasteiger partial charge >= 0.3 is 0 Å². The highest BCUT2D eigenvalue weighted by molar-refractivity contribution is 6.37. The van der Waals surface area contributed by atoms with Crippen LogP contribution >= 0.6 is 23.2 Å². The van der Waals surface area contributed by atoms with E-state index in [0.717, 1.165) is 22.5 Å². The normalized spacial score (nSPS) is 10.5. The van der Waals surface area contributed by atoms with Crippen LogP contribution in [0.25, 0.3) is 11.1 Å². The van der Waals surface area contributed by atoms with E-state index in [-0.39, 0.29) is 0 Å². The zero-order valence-electron chi connectivity index (χ0n) is 12.1. The first kappa shape index (κ1) is 15.0. The summed E-state index contributed by atoms with van der Waals surface area (Å²) in [6, 6.07) is 22.0. The highest BCUT2D eigenvalue weighted by Gasteiger charge is 2.11. The Balaban J connectivity index is 2.08. The monoisotopic (exact) mass is 327 g/mol. The van der Waals surface area contributed by atoms with E-state index in [2.05, 4.69) is 24.4 Å². The zero-order chi connectivity index (χ0) is 15.5. The van der Waals surface area contributed by atoms with Gasteiger partial charge in [-0.15, -0.1) is 0 Å². The van der Waals surface area contributed by atoms with E-state index in [1.807, 2.05) is 48.5 Å². The largest absolute Gasteiger partial charge is 0.354 e. The predicted molar refractivity (Wildman–Crippen MR) is 96.4 cm³/mol. The minimum Gasteiger partial charge on any atom is -0.354 e. The van der Waals surface area contributed by atoms with Gasteiger partial charge in [-0.25, -0.2) is 0 Å². The van der Waals surface area contributed by atoms with E-state index in [9.17, 15) is 0 Å². The molecule has 0 atom stereocenters. The van der Waals surface area contributed by atoms with Crippen molar-refractivity contribution in [2.75, 3.05) is 5.32 Å². The van der Waals surface area contributed by atoms with Gasteiger partial charge in [-0.2, -0.15) is 0 Å². The second-order valence-electron chi connectivity index (χ2n) is 5.17. The van der Waals surface area contributed by atoms with Crippen LogP contribution in [0.1, 0.15) is 5.56 Å². The number of aryl methyl sites for hydroxylation is 1. The van der Waals surface area contributed by atoms with E-state index in [0.29, 0.717) is 10.0 Å². The smallest absolute Gasteiger partial charge is 0.0662 e. The molecule has 0 aromatic heterocycles. The molecule has 0 saturated heterocycles. The Morgan fingerprint density at radius 2 is 1.50 bits per heavy atom. The molecule has 3 aromatic carbocycles. The summed E-state index contributed by atoms with van der Waals surface area (Å²) >= 11 is 12.6. The standard InChI is InChI=1S/C19H15Cl2N/c1-13-7-9-16(10-8-13)22-19-17(11-15(20)12-18(19)21)14-5-3-2-4-6-14/h2-12,22H,1H3. The molecule has 3 heteroatoms. The van der Waals surface area contributed by atoms with Crippen molar-refractivity contribution in [2.24, 2.45) is 0 Å². The fourth-order valence-corrected chi connectivity index (χ4v) is 2.87. The number of rotatable bonds is 3. The van der Waals surface area contributed by atoms with Gasteiger partial charge in [0.2, 0.25) is 0 Å². The van der Waals surface area contributed by atoms with Gasteiger partial charge in [0.1, 0.15) is 0 Å². The van der Waals surface area contributed by atoms with Crippen LogP contribution in [0.4, 0.5) is 11.4 Å². The molecule has 0 radical (unpaired) electrons. The van der Waals surface area contributed by atoms with Crippen molar-refractivity contribution >= 4 is 34.6 Å². The molecule has 0 aliphatic rings. The molecule has 110 valence electrons. The third kappa shape index (κ3) is 3.27. The van der Waals surface area contributed by atoms with Crippen molar-refractivity contribution in [2.45, 2.75) is 6.92 Å². The van der Waals surface area contributed by atoms with Crippen molar-refractivity contribution in [1.29, 1.82) is 0 Å². The summed E-state index contributed by atoms with van der Waals surface area (Å²) in [6.45, 7) is 2.06. The predicted octanol–water partition coefficient (Wildman–Crippen LogP) is 6.71. The zero-order valence-corrected chi connectivity index (χ0v) is 13.6. The fraction of sp³-hybridized carbons (Fsp3) is 0.0526. The Morgan fingerprint density at radius 3 is 2.18 bits per heavy atom. The fourth-order valence-electron chi connectivity index (χ4n) is 2.33. The van der Waals surface area contributed by atoms with Crippen LogP contribution in [-0.2, 0) is 0 Å². The molecule has 1 nitrogen and oxygen atoms in total. The van der Waals surface area contributed by atoms with Gasteiger partial charge in [-0.05, 0) is 36.8 Å². The lowest BCUT2D eigenvalue weighted by Crippen LogP contribution is -1.95. The molecule has 0 amide bonds. The molecule has 22 heavy (non-hydrogen) atoms. The van der Waals surface area contributed by atoms with E-state index in [1.54, 1.807) is 6.07 Å². The topological polar surface area (TPSA) is 12.0 Å². The number of hydrogen-bond acceptors (Lipinski definition) is 1. The lowest BCUT2D eigenvalue weighted by atomic mass is 10.0. The molecule has 1 N–H and O–H groups in total. The van der Waals surface area contributed by atoms with Crippen LogP contribution in [0.2, 0.25) is 10.0 Å². The van der Waals surface area contributed by atoms with Gasteiger partial charge in [0.25, 0.3) is 0 Å². The Bertz CT molecular complexity index is 781.